The number of hydrogen-bond acceptors (Lipinski definition) is 4. The average Bonchev–Trinajstić information content (AvgIpc) is 4.00. The lowest BCUT2D eigenvalue weighted by Gasteiger charge is -2.12. The second-order valence-electron chi connectivity index (χ2n) is 15.3. The van der Waals surface area contributed by atoms with E-state index in [2.05, 4.69) is 179 Å². The van der Waals surface area contributed by atoms with E-state index >= 15 is 0 Å². The Morgan fingerprint density at radius 2 is 1.00 bits per heavy atom. The summed E-state index contributed by atoms with van der Waals surface area (Å²) in [6, 6.07) is 62.2. The molecule has 0 amide bonds. The predicted octanol–water partition coefficient (Wildman–Crippen LogP) is 14.7. The molecule has 1 aliphatic rings. The average molecular weight is 773 g/mol. The summed E-state index contributed by atoms with van der Waals surface area (Å²) in [4.78, 5) is 12.1. The van der Waals surface area contributed by atoms with Gasteiger partial charge in [0.15, 0.2) is 0 Å². The summed E-state index contributed by atoms with van der Waals surface area (Å²) in [6.07, 6.45) is 0. The zero-order valence-corrected chi connectivity index (χ0v) is 32.4. The third-order valence-corrected chi connectivity index (χ3v) is 14.5. The van der Waals surface area contributed by atoms with Gasteiger partial charge in [0.1, 0.15) is 4.83 Å². The molecule has 0 aliphatic carbocycles. The van der Waals surface area contributed by atoms with E-state index < -0.39 is 0 Å². The van der Waals surface area contributed by atoms with Crippen molar-refractivity contribution in [2.75, 3.05) is 0 Å². The van der Waals surface area contributed by atoms with E-state index in [1.165, 1.54) is 90.8 Å². The highest BCUT2D eigenvalue weighted by molar-refractivity contribution is 7.26. The lowest BCUT2D eigenvalue weighted by Crippen LogP contribution is -2.02. The molecule has 0 spiro atoms. The summed E-state index contributed by atoms with van der Waals surface area (Å²) < 4.78 is 8.58. The highest BCUT2D eigenvalue weighted by Gasteiger charge is 2.26. The van der Waals surface area contributed by atoms with Crippen LogP contribution >= 0.6 is 22.7 Å². The molecule has 0 bridgehead atoms. The van der Waals surface area contributed by atoms with Gasteiger partial charge in [-0.25, -0.2) is 9.97 Å². The molecule has 14 rings (SSSR count). The molecule has 0 unspecified atom stereocenters. The van der Waals surface area contributed by atoms with E-state index in [0.717, 1.165) is 32.5 Å². The van der Waals surface area contributed by atoms with Gasteiger partial charge >= 0.3 is 0 Å². The molecular weight excluding hydrogens is 745 g/mol. The van der Waals surface area contributed by atoms with E-state index in [9.17, 15) is 0 Å². The third-order valence-electron chi connectivity index (χ3n) is 12.3. The van der Waals surface area contributed by atoms with Crippen LogP contribution in [0.25, 0.3) is 129 Å². The van der Waals surface area contributed by atoms with Gasteiger partial charge in [-0.05, 0) is 53.6 Å². The summed E-state index contributed by atoms with van der Waals surface area (Å²) in [5.41, 5.74) is 12.9. The maximum atomic E-state index is 5.61. The molecule has 6 heterocycles. The zero-order chi connectivity index (χ0) is 37.6. The Bertz CT molecular complexity index is 3930. The smallest absolute Gasteiger partial charge is 0.236 e. The van der Waals surface area contributed by atoms with Crippen LogP contribution in [0.1, 0.15) is 0 Å². The van der Waals surface area contributed by atoms with Gasteiger partial charge in [-0.3, -0.25) is 4.57 Å². The number of fused-ring (bicyclic) bond motifs is 17. The monoisotopic (exact) mass is 772 g/mol. The Morgan fingerprint density at radius 1 is 0.379 bits per heavy atom. The Hall–Kier alpha value is -7.12. The fourth-order valence-corrected chi connectivity index (χ4v) is 12.1. The highest BCUT2D eigenvalue weighted by Crippen LogP contribution is 2.48. The SMILES string of the molecule is c1ccc2c(c1)-c1ccccc1-n1c3cc4c5ccccc5n(-c5nc(-c6ccc7c(c6)sc6ccccc67)c6c(n5)sc5ccccc56)c4cc3c3cccc-2c31. The first-order valence-corrected chi connectivity index (χ1v) is 21.2. The van der Waals surface area contributed by atoms with Gasteiger partial charge in [0.2, 0.25) is 5.95 Å². The quantitative estimate of drug-likeness (QED) is 0.175. The van der Waals surface area contributed by atoms with Crippen molar-refractivity contribution >= 4 is 107 Å². The zero-order valence-electron chi connectivity index (χ0n) is 30.8. The normalized spacial score (nSPS) is 12.5. The number of thiophene rings is 2. The summed E-state index contributed by atoms with van der Waals surface area (Å²) in [5.74, 6) is 0.681. The van der Waals surface area contributed by atoms with E-state index in [1.807, 2.05) is 11.3 Å². The van der Waals surface area contributed by atoms with Crippen molar-refractivity contribution in [1.29, 1.82) is 0 Å². The standard InChI is InChI=1S/C52H28N4S2/c1-2-13-31-30(12-1)32-14-3-7-20-41(32)55-43-27-39-33-15-4-8-21-42(33)56(44(39)28-40(43)37-19-11-18-36(31)50(37)55)52-53-49(48-38-17-6-10-23-46(38)58-51(48)54-52)29-24-25-35-34-16-5-9-22-45(34)57-47(35)26-29/h1-28H. The van der Waals surface area contributed by atoms with Crippen molar-refractivity contribution in [1.82, 2.24) is 19.1 Å². The molecule has 4 nitrogen and oxygen atoms in total. The first kappa shape index (κ1) is 31.0. The van der Waals surface area contributed by atoms with Crippen LogP contribution in [-0.4, -0.2) is 19.1 Å². The Kier molecular flexibility index (Phi) is 6.02. The van der Waals surface area contributed by atoms with Gasteiger partial charge in [-0.15, -0.1) is 22.7 Å². The first-order valence-electron chi connectivity index (χ1n) is 19.6. The van der Waals surface area contributed by atoms with Crippen molar-refractivity contribution in [2.45, 2.75) is 0 Å². The summed E-state index contributed by atoms with van der Waals surface area (Å²) >= 11 is 3.59. The molecule has 0 fully saturated rings. The third kappa shape index (κ3) is 4.02. The highest BCUT2D eigenvalue weighted by atomic mass is 32.1. The molecule has 5 aromatic heterocycles. The molecule has 13 aromatic rings. The van der Waals surface area contributed by atoms with Gasteiger partial charge < -0.3 is 4.57 Å². The fourth-order valence-electron chi connectivity index (χ4n) is 9.85. The second kappa shape index (κ2) is 11.3. The van der Waals surface area contributed by atoms with Crippen LogP contribution in [0.4, 0.5) is 0 Å². The fraction of sp³-hybridized carbons (Fsp3) is 0. The molecule has 8 aromatic carbocycles. The van der Waals surface area contributed by atoms with Gasteiger partial charge in [0.05, 0.1) is 33.4 Å². The number of nitrogens with zero attached hydrogens (tertiary/aromatic N) is 4. The number of aromatic nitrogens is 4. The number of para-hydroxylation sites is 3. The number of benzene rings is 8. The molecule has 58 heavy (non-hydrogen) atoms. The Balaban J connectivity index is 1.10. The molecule has 0 saturated heterocycles. The molecular formula is C52H28N4S2. The summed E-state index contributed by atoms with van der Waals surface area (Å²) in [5, 5.41) is 9.68. The van der Waals surface area contributed by atoms with Gasteiger partial charge in [-0.1, -0.05) is 127 Å². The molecule has 268 valence electrons. The van der Waals surface area contributed by atoms with Crippen molar-refractivity contribution in [3.63, 3.8) is 0 Å². The van der Waals surface area contributed by atoms with Crippen LogP contribution in [0, 0.1) is 0 Å². The first-order chi connectivity index (χ1) is 28.8. The topological polar surface area (TPSA) is 35.6 Å². The minimum atomic E-state index is 0.681. The van der Waals surface area contributed by atoms with Crippen molar-refractivity contribution < 1.29 is 0 Å². The van der Waals surface area contributed by atoms with E-state index in [-0.39, 0.29) is 0 Å². The molecule has 0 saturated carbocycles. The van der Waals surface area contributed by atoms with E-state index in [1.54, 1.807) is 11.3 Å². The van der Waals surface area contributed by atoms with Crippen LogP contribution in [0.3, 0.4) is 0 Å². The summed E-state index contributed by atoms with van der Waals surface area (Å²) in [7, 11) is 0. The number of hydrogen-bond donors (Lipinski definition) is 0. The van der Waals surface area contributed by atoms with Crippen LogP contribution in [0.2, 0.25) is 0 Å². The van der Waals surface area contributed by atoms with E-state index in [0.29, 0.717) is 5.95 Å². The molecule has 0 N–H and O–H groups in total. The predicted molar refractivity (Wildman–Crippen MR) is 246 cm³/mol. The molecule has 6 heteroatoms. The van der Waals surface area contributed by atoms with Gasteiger partial charge in [0, 0.05) is 73.9 Å². The van der Waals surface area contributed by atoms with Crippen molar-refractivity contribution in [2.24, 2.45) is 0 Å². The van der Waals surface area contributed by atoms with Gasteiger partial charge in [-0.2, -0.15) is 0 Å². The lowest BCUT2D eigenvalue weighted by atomic mass is 9.94. The summed E-state index contributed by atoms with van der Waals surface area (Å²) in [6.45, 7) is 0. The minimum Gasteiger partial charge on any atom is -0.308 e. The van der Waals surface area contributed by atoms with Crippen molar-refractivity contribution in [3.05, 3.63) is 170 Å². The maximum Gasteiger partial charge on any atom is 0.236 e. The van der Waals surface area contributed by atoms with Gasteiger partial charge in [0.25, 0.3) is 0 Å². The van der Waals surface area contributed by atoms with Crippen LogP contribution in [0.15, 0.2) is 170 Å². The molecule has 1 aliphatic heterocycles. The second-order valence-corrected chi connectivity index (χ2v) is 17.4. The number of rotatable bonds is 2. The van der Waals surface area contributed by atoms with E-state index in [4.69, 9.17) is 9.97 Å². The molecule has 0 radical (unpaired) electrons. The minimum absolute atomic E-state index is 0.681. The van der Waals surface area contributed by atoms with Crippen LogP contribution < -0.4 is 0 Å². The van der Waals surface area contributed by atoms with Crippen LogP contribution in [-0.2, 0) is 0 Å². The largest absolute Gasteiger partial charge is 0.308 e. The maximum absolute atomic E-state index is 5.61. The Labute approximate surface area is 339 Å². The lowest BCUT2D eigenvalue weighted by molar-refractivity contribution is 1.02. The van der Waals surface area contributed by atoms with Crippen LogP contribution in [0.5, 0.6) is 0 Å². The Morgan fingerprint density at radius 3 is 1.86 bits per heavy atom. The molecule has 0 atom stereocenters. The van der Waals surface area contributed by atoms with Crippen molar-refractivity contribution in [3.8, 4) is 45.1 Å².